The summed E-state index contributed by atoms with van der Waals surface area (Å²) in [5.41, 5.74) is 1.14. The maximum absolute atomic E-state index is 10.2. The summed E-state index contributed by atoms with van der Waals surface area (Å²) < 4.78 is 15.8. The molecule has 1 atom stereocenters. The lowest BCUT2D eigenvalue weighted by Crippen LogP contribution is -2.35. The van der Waals surface area contributed by atoms with E-state index in [0.717, 1.165) is 43.2 Å². The van der Waals surface area contributed by atoms with E-state index in [-0.39, 0.29) is 12.0 Å². The predicted molar refractivity (Wildman–Crippen MR) is 92.2 cm³/mol. The van der Waals surface area contributed by atoms with Crippen LogP contribution in [0, 0.1) is 5.92 Å². The van der Waals surface area contributed by atoms with E-state index in [0.29, 0.717) is 6.54 Å². The molecule has 0 bridgehead atoms. The van der Waals surface area contributed by atoms with Gasteiger partial charge in [-0.3, -0.25) is 4.90 Å². The van der Waals surface area contributed by atoms with Crippen LogP contribution in [0.25, 0.3) is 0 Å². The van der Waals surface area contributed by atoms with Gasteiger partial charge in [-0.1, -0.05) is 19.9 Å². The molecule has 23 heavy (non-hydrogen) atoms. The highest BCUT2D eigenvalue weighted by Gasteiger charge is 2.16. The molecule has 0 aliphatic carbocycles. The van der Waals surface area contributed by atoms with Gasteiger partial charge in [0, 0.05) is 33.4 Å². The monoisotopic (exact) mass is 325 g/mol. The van der Waals surface area contributed by atoms with Gasteiger partial charge in [-0.05, 0) is 30.0 Å². The molecule has 1 unspecified atom stereocenters. The van der Waals surface area contributed by atoms with Crippen molar-refractivity contribution in [3.05, 3.63) is 23.8 Å². The number of aliphatic hydroxyl groups excluding tert-OH is 1. The number of rotatable bonds is 11. The minimum absolute atomic E-state index is 0.241. The topological polar surface area (TPSA) is 51.2 Å². The Kier molecular flexibility index (Phi) is 8.99. The minimum atomic E-state index is -0.335. The average Bonchev–Trinajstić information content (AvgIpc) is 2.54. The fourth-order valence-corrected chi connectivity index (χ4v) is 2.38. The SMILES string of the molecule is COCCCN(Cc1ccc(OC)c(OC)c1)CC(O)C(C)C. The third-order valence-electron chi connectivity index (χ3n) is 3.89. The molecule has 1 rings (SSSR count). The van der Waals surface area contributed by atoms with Crippen molar-refractivity contribution in [3.63, 3.8) is 0 Å². The van der Waals surface area contributed by atoms with Crippen LogP contribution in [0.2, 0.25) is 0 Å². The average molecular weight is 325 g/mol. The molecule has 0 aliphatic heterocycles. The number of benzene rings is 1. The van der Waals surface area contributed by atoms with Gasteiger partial charge in [-0.2, -0.15) is 0 Å². The van der Waals surface area contributed by atoms with Crippen molar-refractivity contribution < 1.29 is 19.3 Å². The van der Waals surface area contributed by atoms with Gasteiger partial charge in [0.25, 0.3) is 0 Å². The van der Waals surface area contributed by atoms with Gasteiger partial charge in [0.05, 0.1) is 20.3 Å². The first-order valence-electron chi connectivity index (χ1n) is 8.12. The molecule has 0 saturated heterocycles. The van der Waals surface area contributed by atoms with Gasteiger partial charge in [0.2, 0.25) is 0 Å². The molecule has 5 heteroatoms. The highest BCUT2D eigenvalue weighted by molar-refractivity contribution is 5.42. The maximum Gasteiger partial charge on any atom is 0.161 e. The Hall–Kier alpha value is -1.30. The molecule has 0 saturated carbocycles. The van der Waals surface area contributed by atoms with Gasteiger partial charge in [-0.25, -0.2) is 0 Å². The second-order valence-corrected chi connectivity index (χ2v) is 6.08. The second-order valence-electron chi connectivity index (χ2n) is 6.08. The summed E-state index contributed by atoms with van der Waals surface area (Å²) in [5.74, 6) is 1.70. The van der Waals surface area contributed by atoms with Crippen LogP contribution in [-0.4, -0.2) is 57.1 Å². The molecule has 0 radical (unpaired) electrons. The van der Waals surface area contributed by atoms with Crippen molar-refractivity contribution in [2.75, 3.05) is 41.0 Å². The van der Waals surface area contributed by atoms with Crippen molar-refractivity contribution in [1.82, 2.24) is 4.90 Å². The molecule has 0 amide bonds. The van der Waals surface area contributed by atoms with Crippen LogP contribution in [0.5, 0.6) is 11.5 Å². The van der Waals surface area contributed by atoms with E-state index in [2.05, 4.69) is 4.90 Å². The van der Waals surface area contributed by atoms with Crippen molar-refractivity contribution in [3.8, 4) is 11.5 Å². The number of nitrogens with zero attached hydrogens (tertiary/aromatic N) is 1. The first kappa shape index (κ1) is 19.7. The second kappa shape index (κ2) is 10.5. The zero-order chi connectivity index (χ0) is 17.2. The summed E-state index contributed by atoms with van der Waals surface area (Å²) in [6, 6.07) is 5.94. The summed E-state index contributed by atoms with van der Waals surface area (Å²) in [6.45, 7) is 7.08. The van der Waals surface area contributed by atoms with Crippen LogP contribution in [0.1, 0.15) is 25.8 Å². The summed E-state index contributed by atoms with van der Waals surface area (Å²) in [4.78, 5) is 2.25. The first-order valence-corrected chi connectivity index (χ1v) is 8.12. The fourth-order valence-electron chi connectivity index (χ4n) is 2.38. The number of hydrogen-bond acceptors (Lipinski definition) is 5. The summed E-state index contributed by atoms with van der Waals surface area (Å²) in [6.07, 6.45) is 0.604. The van der Waals surface area contributed by atoms with E-state index in [1.54, 1.807) is 21.3 Å². The smallest absolute Gasteiger partial charge is 0.161 e. The van der Waals surface area contributed by atoms with Crippen LogP contribution in [0.4, 0.5) is 0 Å². The zero-order valence-corrected chi connectivity index (χ0v) is 15.0. The quantitative estimate of drug-likeness (QED) is 0.634. The number of ether oxygens (including phenoxy) is 3. The van der Waals surface area contributed by atoms with Crippen molar-refractivity contribution in [2.45, 2.75) is 32.9 Å². The van der Waals surface area contributed by atoms with Crippen LogP contribution in [0.15, 0.2) is 18.2 Å². The highest BCUT2D eigenvalue weighted by Crippen LogP contribution is 2.28. The molecule has 132 valence electrons. The van der Waals surface area contributed by atoms with Crippen molar-refractivity contribution in [2.24, 2.45) is 5.92 Å². The Balaban J connectivity index is 2.77. The highest BCUT2D eigenvalue weighted by atomic mass is 16.5. The lowest BCUT2D eigenvalue weighted by molar-refractivity contribution is 0.0683. The number of hydrogen-bond donors (Lipinski definition) is 1. The summed E-state index contributed by atoms with van der Waals surface area (Å²) in [7, 11) is 4.98. The van der Waals surface area contributed by atoms with Crippen LogP contribution < -0.4 is 9.47 Å². The van der Waals surface area contributed by atoms with Crippen molar-refractivity contribution in [1.29, 1.82) is 0 Å². The Bertz CT molecular complexity index is 451. The molecular weight excluding hydrogens is 294 g/mol. The first-order chi connectivity index (χ1) is 11.0. The third kappa shape index (κ3) is 6.77. The lowest BCUT2D eigenvalue weighted by atomic mass is 10.1. The van der Waals surface area contributed by atoms with E-state index in [9.17, 15) is 5.11 Å². The molecule has 0 aromatic heterocycles. The summed E-state index contributed by atoms with van der Waals surface area (Å²) >= 11 is 0. The maximum atomic E-state index is 10.2. The van der Waals surface area contributed by atoms with Gasteiger partial charge in [0.1, 0.15) is 0 Å². The molecule has 0 fully saturated rings. The number of aliphatic hydroxyl groups is 1. The van der Waals surface area contributed by atoms with E-state index in [4.69, 9.17) is 14.2 Å². The van der Waals surface area contributed by atoms with Gasteiger partial charge < -0.3 is 19.3 Å². The lowest BCUT2D eigenvalue weighted by Gasteiger charge is -2.27. The molecule has 1 N–H and O–H groups in total. The largest absolute Gasteiger partial charge is 0.493 e. The Morgan fingerprint density at radius 1 is 1.09 bits per heavy atom. The molecule has 0 spiro atoms. The van der Waals surface area contributed by atoms with E-state index in [1.807, 2.05) is 32.0 Å². The van der Waals surface area contributed by atoms with E-state index >= 15 is 0 Å². The normalized spacial score (nSPS) is 12.7. The Morgan fingerprint density at radius 3 is 2.35 bits per heavy atom. The Morgan fingerprint density at radius 2 is 1.78 bits per heavy atom. The van der Waals surface area contributed by atoms with Crippen LogP contribution >= 0.6 is 0 Å². The van der Waals surface area contributed by atoms with Crippen molar-refractivity contribution >= 4 is 0 Å². The van der Waals surface area contributed by atoms with E-state index in [1.165, 1.54) is 0 Å². The standard InChI is InChI=1S/C18H31NO4/c1-14(2)16(20)13-19(9-6-10-21-3)12-15-7-8-17(22-4)18(11-15)23-5/h7-8,11,14,16,20H,6,9-10,12-13H2,1-5H3. The van der Waals surface area contributed by atoms with Gasteiger partial charge in [-0.15, -0.1) is 0 Å². The summed E-state index contributed by atoms with van der Waals surface area (Å²) in [5, 5.41) is 10.2. The molecule has 5 nitrogen and oxygen atoms in total. The Labute approximate surface area is 140 Å². The van der Waals surface area contributed by atoms with Crippen LogP contribution in [-0.2, 0) is 11.3 Å². The molecular formula is C18H31NO4. The van der Waals surface area contributed by atoms with E-state index < -0.39 is 0 Å². The molecule has 1 aromatic carbocycles. The predicted octanol–water partition coefficient (Wildman–Crippen LogP) is 2.56. The van der Waals surface area contributed by atoms with Crippen LogP contribution in [0.3, 0.4) is 0 Å². The minimum Gasteiger partial charge on any atom is -0.493 e. The third-order valence-corrected chi connectivity index (χ3v) is 3.89. The molecule has 0 heterocycles. The fraction of sp³-hybridized carbons (Fsp3) is 0.667. The molecule has 0 aliphatic rings. The zero-order valence-electron chi connectivity index (χ0n) is 15.0. The van der Waals surface area contributed by atoms with Gasteiger partial charge in [0.15, 0.2) is 11.5 Å². The van der Waals surface area contributed by atoms with Gasteiger partial charge >= 0.3 is 0 Å². The molecule has 1 aromatic rings. The number of methoxy groups -OCH3 is 3.